The summed E-state index contributed by atoms with van der Waals surface area (Å²) in [5.74, 6) is 0.0755. The van der Waals surface area contributed by atoms with E-state index in [9.17, 15) is 14.4 Å². The summed E-state index contributed by atoms with van der Waals surface area (Å²) in [4.78, 5) is 36.3. The van der Waals surface area contributed by atoms with Crippen molar-refractivity contribution < 1.29 is 14.4 Å². The van der Waals surface area contributed by atoms with Crippen LogP contribution in [0.5, 0.6) is 0 Å². The minimum Gasteiger partial charge on any atom is -0.354 e. The molecule has 1 fully saturated rings. The molecule has 0 spiro atoms. The van der Waals surface area contributed by atoms with Crippen LogP contribution in [0.1, 0.15) is 37.0 Å². The number of hydrogen-bond donors (Lipinski definition) is 1. The zero-order chi connectivity index (χ0) is 15.4. The van der Waals surface area contributed by atoms with Gasteiger partial charge in [0.05, 0.1) is 0 Å². The van der Waals surface area contributed by atoms with E-state index in [1.165, 1.54) is 13.8 Å². The first-order chi connectivity index (χ1) is 9.99. The van der Waals surface area contributed by atoms with Gasteiger partial charge in [-0.1, -0.05) is 12.1 Å². The number of rotatable bonds is 6. The highest BCUT2D eigenvalue weighted by Crippen LogP contribution is 2.28. The van der Waals surface area contributed by atoms with Crippen LogP contribution in [0.3, 0.4) is 0 Å². The third-order valence-electron chi connectivity index (χ3n) is 3.53. The predicted octanol–water partition coefficient (Wildman–Crippen LogP) is 1.77. The van der Waals surface area contributed by atoms with Crippen LogP contribution in [-0.2, 0) is 9.59 Å². The highest BCUT2D eigenvalue weighted by molar-refractivity contribution is 5.97. The summed E-state index contributed by atoms with van der Waals surface area (Å²) >= 11 is 0. The minimum atomic E-state index is -0.114. The molecule has 0 heterocycles. The molecule has 112 valence electrons. The van der Waals surface area contributed by atoms with Crippen molar-refractivity contribution in [2.45, 2.75) is 26.7 Å². The lowest BCUT2D eigenvalue weighted by atomic mass is 10.1. The smallest absolute Gasteiger partial charge is 0.223 e. The molecule has 2 amide bonds. The Bertz CT molecular complexity index is 564. The van der Waals surface area contributed by atoms with E-state index in [-0.39, 0.29) is 23.5 Å². The van der Waals surface area contributed by atoms with Crippen LogP contribution in [0.4, 0.5) is 5.69 Å². The summed E-state index contributed by atoms with van der Waals surface area (Å²) in [6.07, 6.45) is 1.92. The number of nitrogens with zero attached hydrogens (tertiary/aromatic N) is 1. The fourth-order valence-corrected chi connectivity index (χ4v) is 2.14. The Kier molecular flexibility index (Phi) is 4.73. The molecule has 1 aromatic carbocycles. The molecule has 1 aromatic rings. The monoisotopic (exact) mass is 288 g/mol. The summed E-state index contributed by atoms with van der Waals surface area (Å²) < 4.78 is 0. The van der Waals surface area contributed by atoms with Crippen molar-refractivity contribution in [3.63, 3.8) is 0 Å². The van der Waals surface area contributed by atoms with Gasteiger partial charge < -0.3 is 10.2 Å². The number of Topliss-reactive ketones (excluding diaryl/α,β-unsaturated/α-hetero) is 1. The lowest BCUT2D eigenvalue weighted by Crippen LogP contribution is -2.38. The van der Waals surface area contributed by atoms with E-state index in [0.29, 0.717) is 24.3 Å². The van der Waals surface area contributed by atoms with E-state index in [4.69, 9.17) is 0 Å². The molecule has 0 atom stereocenters. The molecule has 1 aliphatic carbocycles. The summed E-state index contributed by atoms with van der Waals surface area (Å²) in [6, 6.07) is 6.97. The van der Waals surface area contributed by atoms with Crippen LogP contribution in [-0.4, -0.2) is 30.7 Å². The first-order valence-corrected chi connectivity index (χ1v) is 7.16. The zero-order valence-electron chi connectivity index (χ0n) is 12.4. The minimum absolute atomic E-state index is 0.0395. The average Bonchev–Trinajstić information content (AvgIpc) is 3.27. The quantitative estimate of drug-likeness (QED) is 0.811. The third-order valence-corrected chi connectivity index (χ3v) is 3.53. The van der Waals surface area contributed by atoms with Crippen molar-refractivity contribution in [2.75, 3.05) is 18.0 Å². The summed E-state index contributed by atoms with van der Waals surface area (Å²) in [7, 11) is 0. The van der Waals surface area contributed by atoms with Gasteiger partial charge >= 0.3 is 0 Å². The maximum Gasteiger partial charge on any atom is 0.223 e. The van der Waals surface area contributed by atoms with E-state index >= 15 is 0 Å². The van der Waals surface area contributed by atoms with Gasteiger partial charge in [0.15, 0.2) is 5.78 Å². The lowest BCUT2D eigenvalue weighted by Gasteiger charge is -2.22. The SMILES string of the molecule is CC(=O)c1cccc(N(CCNC(=O)C2CC2)C(C)=O)c1. The number of carbonyl (C=O) groups is 3. The molecular formula is C16H20N2O3. The Balaban J connectivity index is 2.00. The van der Waals surface area contributed by atoms with Crippen molar-refractivity contribution in [2.24, 2.45) is 5.92 Å². The summed E-state index contributed by atoms with van der Waals surface area (Å²) in [5, 5.41) is 2.84. The number of hydrogen-bond acceptors (Lipinski definition) is 3. The van der Waals surface area contributed by atoms with Gasteiger partial charge in [0, 0.05) is 37.2 Å². The number of carbonyl (C=O) groups excluding carboxylic acids is 3. The summed E-state index contributed by atoms with van der Waals surface area (Å²) in [6.45, 7) is 3.78. The van der Waals surface area contributed by atoms with Gasteiger partial charge in [0.1, 0.15) is 0 Å². The molecule has 1 aliphatic rings. The lowest BCUT2D eigenvalue weighted by molar-refractivity contribution is -0.122. The summed E-state index contributed by atoms with van der Waals surface area (Å²) in [5.41, 5.74) is 1.25. The number of benzene rings is 1. The molecule has 0 saturated heterocycles. The zero-order valence-corrected chi connectivity index (χ0v) is 12.4. The average molecular weight is 288 g/mol. The number of anilines is 1. The largest absolute Gasteiger partial charge is 0.354 e. The van der Waals surface area contributed by atoms with E-state index < -0.39 is 0 Å². The van der Waals surface area contributed by atoms with Gasteiger partial charge in [-0.2, -0.15) is 0 Å². The van der Waals surface area contributed by atoms with Crippen molar-refractivity contribution >= 4 is 23.3 Å². The van der Waals surface area contributed by atoms with Gasteiger partial charge in [-0.3, -0.25) is 14.4 Å². The fraction of sp³-hybridized carbons (Fsp3) is 0.438. The molecule has 0 radical (unpaired) electrons. The van der Waals surface area contributed by atoms with Crippen LogP contribution < -0.4 is 10.2 Å². The van der Waals surface area contributed by atoms with Crippen LogP contribution >= 0.6 is 0 Å². The van der Waals surface area contributed by atoms with Gasteiger partial charge in [0.25, 0.3) is 0 Å². The predicted molar refractivity (Wildman–Crippen MR) is 80.2 cm³/mol. The first kappa shape index (κ1) is 15.2. The van der Waals surface area contributed by atoms with Crippen molar-refractivity contribution in [1.82, 2.24) is 5.32 Å². The molecule has 0 unspecified atom stereocenters. The topological polar surface area (TPSA) is 66.5 Å². The van der Waals surface area contributed by atoms with Crippen molar-refractivity contribution in [3.05, 3.63) is 29.8 Å². The van der Waals surface area contributed by atoms with Gasteiger partial charge in [-0.05, 0) is 31.9 Å². The highest BCUT2D eigenvalue weighted by atomic mass is 16.2. The molecule has 5 heteroatoms. The number of amides is 2. The molecule has 0 aromatic heterocycles. The van der Waals surface area contributed by atoms with Gasteiger partial charge in [-0.25, -0.2) is 0 Å². The molecule has 2 rings (SSSR count). The van der Waals surface area contributed by atoms with Crippen LogP contribution in [0.15, 0.2) is 24.3 Å². The second-order valence-corrected chi connectivity index (χ2v) is 5.34. The van der Waals surface area contributed by atoms with Crippen molar-refractivity contribution in [1.29, 1.82) is 0 Å². The van der Waals surface area contributed by atoms with E-state index in [0.717, 1.165) is 12.8 Å². The Morgan fingerprint density at radius 1 is 1.24 bits per heavy atom. The van der Waals surface area contributed by atoms with E-state index in [1.807, 2.05) is 0 Å². The molecule has 0 bridgehead atoms. The molecule has 21 heavy (non-hydrogen) atoms. The Morgan fingerprint density at radius 2 is 1.95 bits per heavy atom. The Labute approximate surface area is 124 Å². The maximum atomic E-state index is 11.8. The standard InChI is InChI=1S/C16H20N2O3/c1-11(19)14-4-3-5-15(10-14)18(12(2)20)9-8-17-16(21)13-6-7-13/h3-5,10,13H,6-9H2,1-2H3,(H,17,21). The van der Waals surface area contributed by atoms with Crippen LogP contribution in [0, 0.1) is 5.92 Å². The van der Waals surface area contributed by atoms with Crippen LogP contribution in [0.25, 0.3) is 0 Å². The molecule has 1 N–H and O–H groups in total. The molecule has 0 aliphatic heterocycles. The first-order valence-electron chi connectivity index (χ1n) is 7.16. The second-order valence-electron chi connectivity index (χ2n) is 5.34. The molecule has 5 nitrogen and oxygen atoms in total. The third kappa shape index (κ3) is 4.15. The van der Waals surface area contributed by atoms with E-state index in [1.54, 1.807) is 29.2 Å². The van der Waals surface area contributed by atoms with Gasteiger partial charge in [-0.15, -0.1) is 0 Å². The maximum absolute atomic E-state index is 11.8. The Morgan fingerprint density at radius 3 is 2.52 bits per heavy atom. The van der Waals surface area contributed by atoms with Gasteiger partial charge in [0.2, 0.25) is 11.8 Å². The number of ketones is 1. The van der Waals surface area contributed by atoms with Crippen molar-refractivity contribution in [3.8, 4) is 0 Å². The fourth-order valence-electron chi connectivity index (χ4n) is 2.14. The second kappa shape index (κ2) is 6.52. The van der Waals surface area contributed by atoms with Crippen LogP contribution in [0.2, 0.25) is 0 Å². The Hall–Kier alpha value is -2.17. The molecular weight excluding hydrogens is 268 g/mol. The highest BCUT2D eigenvalue weighted by Gasteiger charge is 2.29. The van der Waals surface area contributed by atoms with E-state index in [2.05, 4.69) is 5.32 Å². The number of nitrogens with one attached hydrogen (secondary N) is 1. The molecule has 1 saturated carbocycles. The normalized spacial score (nSPS) is 13.6.